The Morgan fingerprint density at radius 3 is 1.79 bits per heavy atom. The zero-order chi connectivity index (χ0) is 19.6. The van der Waals surface area contributed by atoms with Gasteiger partial charge in [0.05, 0.1) is 0 Å². The minimum atomic E-state index is -0.0206. The van der Waals surface area contributed by atoms with E-state index in [9.17, 15) is 0 Å². The summed E-state index contributed by atoms with van der Waals surface area (Å²) >= 11 is 0. The van der Waals surface area contributed by atoms with Gasteiger partial charge in [0.1, 0.15) is 0 Å². The van der Waals surface area contributed by atoms with Crippen LogP contribution in [0, 0.1) is 11.5 Å². The van der Waals surface area contributed by atoms with E-state index in [-0.39, 0.29) is 59.9 Å². The number of rotatable bonds is 3. The van der Waals surface area contributed by atoms with Gasteiger partial charge in [0.2, 0.25) is 0 Å². The van der Waals surface area contributed by atoms with Gasteiger partial charge >= 0.3 is 21.7 Å². The third-order valence-electron chi connectivity index (χ3n) is 5.58. The molecule has 0 spiro atoms. The quantitative estimate of drug-likeness (QED) is 0.352. The Morgan fingerprint density at radius 1 is 0.931 bits per heavy atom. The maximum atomic E-state index is 3.44. The molecule has 0 aromatic heterocycles. The molecule has 0 fully saturated rings. The molecule has 0 amide bonds. The van der Waals surface area contributed by atoms with Crippen LogP contribution in [0.3, 0.4) is 0 Å². The number of hydrogen-bond acceptors (Lipinski definition) is 0. The number of allylic oxidation sites excluding steroid dienone is 4. The zero-order valence-electron chi connectivity index (χ0n) is 19.3. The van der Waals surface area contributed by atoms with Gasteiger partial charge in [-0.15, -0.1) is 47.3 Å². The number of halogens is 2. The molecule has 0 nitrogen and oxygen atoms in total. The van der Waals surface area contributed by atoms with Gasteiger partial charge in [-0.25, -0.2) is 5.57 Å². The van der Waals surface area contributed by atoms with E-state index in [1.165, 1.54) is 27.5 Å². The van der Waals surface area contributed by atoms with Crippen LogP contribution in [0.4, 0.5) is 0 Å². The van der Waals surface area contributed by atoms with Crippen molar-refractivity contribution in [1.82, 2.24) is 0 Å². The molecule has 0 unspecified atom stereocenters. The standard InChI is InChI=1S/C15H20P.C10H15.2ClH.Ti/c1-11(2)16(12(3)4)15-9-13-7-5-6-8-14(13)10-15;1-7-6-10(4,5)9(3)8(7)2;;;/h5-12H,1-4H3;1-5H3;2*1H;/q2*-1;;;+4/p-2. The summed E-state index contributed by atoms with van der Waals surface area (Å²) in [5.74, 6) is 0. The third kappa shape index (κ3) is 7.59. The Labute approximate surface area is 207 Å². The first-order chi connectivity index (χ1) is 12.0. The molecule has 158 valence electrons. The van der Waals surface area contributed by atoms with Gasteiger partial charge < -0.3 is 24.8 Å². The van der Waals surface area contributed by atoms with E-state index >= 15 is 0 Å². The summed E-state index contributed by atoms with van der Waals surface area (Å²) in [5.41, 5.74) is 5.94. The van der Waals surface area contributed by atoms with Crippen molar-refractivity contribution in [2.75, 3.05) is 0 Å². The molecular formula is C25H35Cl2PTi. The maximum Gasteiger partial charge on any atom is 4.00 e. The molecule has 0 N–H and O–H groups in total. The largest absolute Gasteiger partial charge is 4.00 e. The Morgan fingerprint density at radius 2 is 1.45 bits per heavy atom. The van der Waals surface area contributed by atoms with Crippen LogP contribution in [0.25, 0.3) is 10.8 Å². The summed E-state index contributed by atoms with van der Waals surface area (Å²) in [4.78, 5) is 0. The van der Waals surface area contributed by atoms with Gasteiger partial charge in [-0.1, -0.05) is 74.8 Å². The van der Waals surface area contributed by atoms with E-state index in [4.69, 9.17) is 0 Å². The molecule has 2 aromatic rings. The molecule has 1 aliphatic carbocycles. The van der Waals surface area contributed by atoms with Crippen LogP contribution in [-0.2, 0) is 21.7 Å². The summed E-state index contributed by atoms with van der Waals surface area (Å²) in [6.45, 7) is 20.3. The number of hydrogen-bond donors (Lipinski definition) is 0. The van der Waals surface area contributed by atoms with Crippen LogP contribution < -0.4 is 30.1 Å². The van der Waals surface area contributed by atoms with E-state index in [0.29, 0.717) is 0 Å². The van der Waals surface area contributed by atoms with Crippen molar-refractivity contribution in [2.45, 2.75) is 73.6 Å². The molecule has 0 bridgehead atoms. The molecule has 2 aromatic carbocycles. The number of benzene rings is 1. The van der Waals surface area contributed by atoms with Crippen LogP contribution in [0.2, 0.25) is 0 Å². The average molecular weight is 485 g/mol. The van der Waals surface area contributed by atoms with E-state index in [2.05, 4.69) is 105 Å². The smallest absolute Gasteiger partial charge is 1.00 e. The molecule has 4 heteroatoms. The van der Waals surface area contributed by atoms with Crippen molar-refractivity contribution in [3.8, 4) is 0 Å². The molecule has 0 saturated carbocycles. The van der Waals surface area contributed by atoms with Gasteiger partial charge in [-0.3, -0.25) is 6.08 Å². The average Bonchev–Trinajstić information content (AvgIpc) is 3.02. The number of fused-ring (bicyclic) bond motifs is 1. The van der Waals surface area contributed by atoms with Gasteiger partial charge in [0.15, 0.2) is 0 Å². The maximum absolute atomic E-state index is 3.44. The predicted molar refractivity (Wildman–Crippen MR) is 121 cm³/mol. The van der Waals surface area contributed by atoms with Crippen molar-refractivity contribution in [2.24, 2.45) is 5.41 Å². The molecular weight excluding hydrogens is 450 g/mol. The fourth-order valence-corrected chi connectivity index (χ4v) is 6.84. The molecule has 0 aliphatic heterocycles. The first-order valence-corrected chi connectivity index (χ1v) is 11.3. The van der Waals surface area contributed by atoms with Crippen LogP contribution in [0.15, 0.2) is 53.1 Å². The zero-order valence-corrected chi connectivity index (χ0v) is 23.3. The summed E-state index contributed by atoms with van der Waals surface area (Å²) in [7, 11) is -0.0206. The topological polar surface area (TPSA) is 0 Å². The summed E-state index contributed by atoms with van der Waals surface area (Å²) < 4.78 is 0. The minimum absolute atomic E-state index is 0. The second-order valence-corrected chi connectivity index (χ2v) is 12.0. The Balaban J connectivity index is 0. The van der Waals surface area contributed by atoms with Crippen LogP contribution in [0.5, 0.6) is 0 Å². The second kappa shape index (κ2) is 12.8. The molecule has 1 aliphatic rings. The molecule has 3 rings (SSSR count). The van der Waals surface area contributed by atoms with Crippen molar-refractivity contribution >= 4 is 24.0 Å². The van der Waals surface area contributed by atoms with E-state index in [1.807, 2.05) is 0 Å². The van der Waals surface area contributed by atoms with Gasteiger partial charge in [0.25, 0.3) is 0 Å². The van der Waals surface area contributed by atoms with Gasteiger partial charge in [-0.2, -0.15) is 17.2 Å². The van der Waals surface area contributed by atoms with Crippen LogP contribution in [-0.4, -0.2) is 11.3 Å². The first-order valence-electron chi connectivity index (χ1n) is 9.78. The molecule has 0 saturated heterocycles. The van der Waals surface area contributed by atoms with E-state index < -0.39 is 0 Å². The Hall–Kier alpha value is 0.0343. The molecule has 0 atom stereocenters. The van der Waals surface area contributed by atoms with Gasteiger partial charge in [0, 0.05) is 0 Å². The molecule has 0 radical (unpaired) electrons. The van der Waals surface area contributed by atoms with Crippen molar-refractivity contribution in [3.05, 3.63) is 59.2 Å². The summed E-state index contributed by atoms with van der Waals surface area (Å²) in [6.07, 6.45) is 3.44. The predicted octanol–water partition coefficient (Wildman–Crippen LogP) is 1.60. The fourth-order valence-electron chi connectivity index (χ4n) is 3.88. The van der Waals surface area contributed by atoms with Crippen molar-refractivity contribution < 1.29 is 46.5 Å². The van der Waals surface area contributed by atoms with E-state index in [1.54, 1.807) is 5.30 Å². The third-order valence-corrected chi connectivity index (χ3v) is 8.66. The Kier molecular flexibility index (Phi) is 13.8. The Bertz CT molecular complexity index is 787. The van der Waals surface area contributed by atoms with Crippen molar-refractivity contribution in [3.63, 3.8) is 0 Å². The molecule has 0 heterocycles. The second-order valence-electron chi connectivity index (χ2n) is 8.56. The van der Waals surface area contributed by atoms with Gasteiger partial charge in [-0.05, 0) is 11.3 Å². The normalized spacial score (nSPS) is 14.8. The monoisotopic (exact) mass is 484 g/mol. The summed E-state index contributed by atoms with van der Waals surface area (Å²) in [5, 5.41) is 4.36. The minimum Gasteiger partial charge on any atom is -1.00 e. The molecule has 29 heavy (non-hydrogen) atoms. The SMILES string of the molecule is CC(C)P(c1cc2ccccc2[cH-]1)C(C)C.CC1=[C-]C(C)(C)C(C)=C1C.[Cl-].[Cl-].[Ti+4]. The summed E-state index contributed by atoms with van der Waals surface area (Å²) in [6, 6.07) is 13.5. The van der Waals surface area contributed by atoms with Crippen molar-refractivity contribution in [1.29, 1.82) is 0 Å². The fraction of sp³-hybridized carbons (Fsp3) is 0.480. The van der Waals surface area contributed by atoms with Crippen LogP contribution >= 0.6 is 7.92 Å². The van der Waals surface area contributed by atoms with Crippen LogP contribution in [0.1, 0.15) is 62.3 Å². The van der Waals surface area contributed by atoms with E-state index in [0.717, 1.165) is 11.3 Å². The first kappa shape index (κ1) is 31.2.